The Kier molecular flexibility index (Phi) is 3.95. The summed E-state index contributed by atoms with van der Waals surface area (Å²) in [6, 6.07) is 2.59. The highest BCUT2D eigenvalue weighted by atomic mass is 19.4. The van der Waals surface area contributed by atoms with E-state index in [9.17, 15) is 17.6 Å². The highest BCUT2D eigenvalue weighted by Crippen LogP contribution is 2.37. The highest BCUT2D eigenvalue weighted by molar-refractivity contribution is 5.54. The van der Waals surface area contributed by atoms with E-state index in [1.165, 1.54) is 6.07 Å². The van der Waals surface area contributed by atoms with Crippen LogP contribution in [0.15, 0.2) is 12.1 Å². The Morgan fingerprint density at radius 2 is 1.90 bits per heavy atom. The zero-order valence-electron chi connectivity index (χ0n) is 11.8. The lowest BCUT2D eigenvalue weighted by Gasteiger charge is -2.24. The fraction of sp³-hybridized carbons (Fsp3) is 0.571. The van der Waals surface area contributed by atoms with Crippen LogP contribution in [0.5, 0.6) is 0 Å². The summed E-state index contributed by atoms with van der Waals surface area (Å²) in [4.78, 5) is 3.71. The quantitative estimate of drug-likeness (QED) is 0.771. The number of likely N-dealkylation sites (N-methyl/N-ethyl adjacent to an activating group) is 1. The second-order valence-electron chi connectivity index (χ2n) is 5.50. The SMILES string of the molecule is Cc1cc(N2CCC(N(C)C)C2)c(F)c(C(F)(F)F)c1. The van der Waals surface area contributed by atoms with Crippen LogP contribution in [0, 0.1) is 12.7 Å². The van der Waals surface area contributed by atoms with Gasteiger partial charge in [-0.3, -0.25) is 0 Å². The standard InChI is InChI=1S/C14H18F4N2/c1-9-6-11(14(16,17)18)13(15)12(7-9)20-5-4-10(8-20)19(2)3/h6-7,10H,4-5,8H2,1-3H3. The third kappa shape index (κ3) is 2.90. The lowest BCUT2D eigenvalue weighted by Crippen LogP contribution is -2.32. The summed E-state index contributed by atoms with van der Waals surface area (Å²) in [5.41, 5.74) is -0.704. The Labute approximate surface area is 116 Å². The number of nitrogens with zero attached hydrogens (tertiary/aromatic N) is 2. The topological polar surface area (TPSA) is 6.48 Å². The van der Waals surface area contributed by atoms with Gasteiger partial charge >= 0.3 is 6.18 Å². The third-order valence-electron chi connectivity index (χ3n) is 3.74. The van der Waals surface area contributed by atoms with E-state index in [4.69, 9.17) is 0 Å². The van der Waals surface area contributed by atoms with Crippen LogP contribution >= 0.6 is 0 Å². The molecule has 0 N–H and O–H groups in total. The number of alkyl halides is 3. The van der Waals surface area contributed by atoms with Crippen LogP contribution < -0.4 is 4.90 Å². The van der Waals surface area contributed by atoms with E-state index >= 15 is 0 Å². The molecule has 2 rings (SSSR count). The molecule has 1 aliphatic heterocycles. The van der Waals surface area contributed by atoms with Gasteiger partial charge in [0.2, 0.25) is 0 Å². The van der Waals surface area contributed by atoms with E-state index in [-0.39, 0.29) is 11.7 Å². The largest absolute Gasteiger partial charge is 0.419 e. The summed E-state index contributed by atoms with van der Waals surface area (Å²) in [6.07, 6.45) is -3.84. The molecule has 20 heavy (non-hydrogen) atoms. The predicted octanol–water partition coefficient (Wildman–Crippen LogP) is 3.29. The molecule has 0 radical (unpaired) electrons. The first kappa shape index (κ1) is 15.1. The average molecular weight is 290 g/mol. The smallest absolute Gasteiger partial charge is 0.368 e. The summed E-state index contributed by atoms with van der Waals surface area (Å²) >= 11 is 0. The second kappa shape index (κ2) is 5.24. The number of hydrogen-bond acceptors (Lipinski definition) is 2. The highest BCUT2D eigenvalue weighted by Gasteiger charge is 2.37. The van der Waals surface area contributed by atoms with Crippen molar-refractivity contribution in [1.82, 2.24) is 4.90 Å². The Morgan fingerprint density at radius 1 is 1.25 bits per heavy atom. The van der Waals surface area contributed by atoms with E-state index in [0.717, 1.165) is 12.5 Å². The van der Waals surface area contributed by atoms with Crippen LogP contribution in [0.1, 0.15) is 17.5 Å². The predicted molar refractivity (Wildman–Crippen MR) is 70.4 cm³/mol. The maximum absolute atomic E-state index is 14.2. The molecule has 1 aromatic carbocycles. The molecule has 2 nitrogen and oxygen atoms in total. The van der Waals surface area contributed by atoms with Crippen LogP contribution in [0.4, 0.5) is 23.2 Å². The van der Waals surface area contributed by atoms with Gasteiger partial charge < -0.3 is 9.80 Å². The molecule has 0 spiro atoms. The van der Waals surface area contributed by atoms with E-state index in [1.54, 1.807) is 11.8 Å². The van der Waals surface area contributed by atoms with E-state index < -0.39 is 17.6 Å². The number of benzene rings is 1. The van der Waals surface area contributed by atoms with Crippen LogP contribution in [0.3, 0.4) is 0 Å². The zero-order chi connectivity index (χ0) is 15.1. The lowest BCUT2D eigenvalue weighted by molar-refractivity contribution is -0.139. The molecule has 0 aliphatic carbocycles. The van der Waals surface area contributed by atoms with Crippen molar-refractivity contribution < 1.29 is 17.6 Å². The molecule has 1 fully saturated rings. The molecule has 1 heterocycles. The Hall–Kier alpha value is -1.30. The second-order valence-corrected chi connectivity index (χ2v) is 5.50. The molecule has 1 aliphatic rings. The molecule has 112 valence electrons. The zero-order valence-corrected chi connectivity index (χ0v) is 11.8. The first-order chi connectivity index (χ1) is 9.20. The Morgan fingerprint density at radius 3 is 2.40 bits per heavy atom. The van der Waals surface area contributed by atoms with Crippen molar-refractivity contribution in [2.45, 2.75) is 25.6 Å². The fourth-order valence-electron chi connectivity index (χ4n) is 2.57. The minimum Gasteiger partial charge on any atom is -0.368 e. The van der Waals surface area contributed by atoms with E-state index in [2.05, 4.69) is 0 Å². The van der Waals surface area contributed by atoms with Crippen molar-refractivity contribution in [3.05, 3.63) is 29.1 Å². The van der Waals surface area contributed by atoms with Gasteiger partial charge in [0.1, 0.15) is 0 Å². The van der Waals surface area contributed by atoms with Crippen molar-refractivity contribution in [3.8, 4) is 0 Å². The molecule has 1 atom stereocenters. The van der Waals surface area contributed by atoms with Crippen molar-refractivity contribution in [3.63, 3.8) is 0 Å². The molecule has 0 bridgehead atoms. The van der Waals surface area contributed by atoms with Crippen molar-refractivity contribution in [2.24, 2.45) is 0 Å². The van der Waals surface area contributed by atoms with Crippen molar-refractivity contribution in [2.75, 3.05) is 32.1 Å². The Balaban J connectivity index is 2.36. The number of anilines is 1. The first-order valence-corrected chi connectivity index (χ1v) is 6.49. The molecular formula is C14H18F4N2. The van der Waals surface area contributed by atoms with Crippen LogP contribution in [0.25, 0.3) is 0 Å². The summed E-state index contributed by atoms with van der Waals surface area (Å²) in [5, 5.41) is 0. The van der Waals surface area contributed by atoms with Gasteiger partial charge in [-0.05, 0) is 45.1 Å². The van der Waals surface area contributed by atoms with Gasteiger partial charge in [-0.2, -0.15) is 13.2 Å². The van der Waals surface area contributed by atoms with Gasteiger partial charge in [0.05, 0.1) is 11.3 Å². The van der Waals surface area contributed by atoms with Crippen molar-refractivity contribution in [1.29, 1.82) is 0 Å². The molecule has 1 saturated heterocycles. The number of hydrogen-bond donors (Lipinski definition) is 0. The Bertz CT molecular complexity index is 497. The normalized spacial score (nSPS) is 20.0. The van der Waals surface area contributed by atoms with Gasteiger partial charge in [-0.15, -0.1) is 0 Å². The molecule has 0 amide bonds. The maximum atomic E-state index is 14.2. The summed E-state index contributed by atoms with van der Waals surface area (Å²) in [6.45, 7) is 2.67. The molecule has 1 unspecified atom stereocenters. The summed E-state index contributed by atoms with van der Waals surface area (Å²) < 4.78 is 52.7. The van der Waals surface area contributed by atoms with Crippen LogP contribution in [0.2, 0.25) is 0 Å². The molecule has 0 saturated carbocycles. The summed E-state index contributed by atoms with van der Waals surface area (Å²) in [7, 11) is 3.84. The van der Waals surface area contributed by atoms with Crippen molar-refractivity contribution >= 4 is 5.69 Å². The fourth-order valence-corrected chi connectivity index (χ4v) is 2.57. The van der Waals surface area contributed by atoms with E-state index in [0.29, 0.717) is 18.7 Å². The molecule has 6 heteroatoms. The average Bonchev–Trinajstić information content (AvgIpc) is 2.79. The minimum absolute atomic E-state index is 0.0571. The van der Waals surface area contributed by atoms with Gasteiger partial charge in [0, 0.05) is 19.1 Å². The maximum Gasteiger partial charge on any atom is 0.419 e. The number of aryl methyl sites for hydroxylation is 1. The number of rotatable bonds is 2. The van der Waals surface area contributed by atoms with E-state index in [1.807, 2.05) is 19.0 Å². The monoisotopic (exact) mass is 290 g/mol. The molecular weight excluding hydrogens is 272 g/mol. The van der Waals surface area contributed by atoms with Gasteiger partial charge in [-0.25, -0.2) is 4.39 Å². The molecule has 0 aromatic heterocycles. The summed E-state index contributed by atoms with van der Waals surface area (Å²) in [5.74, 6) is -1.16. The third-order valence-corrected chi connectivity index (χ3v) is 3.74. The number of halogens is 4. The van der Waals surface area contributed by atoms with Gasteiger partial charge in [0.25, 0.3) is 0 Å². The first-order valence-electron chi connectivity index (χ1n) is 6.49. The minimum atomic E-state index is -4.66. The molecule has 1 aromatic rings. The van der Waals surface area contributed by atoms with Gasteiger partial charge in [0.15, 0.2) is 5.82 Å². The van der Waals surface area contributed by atoms with Crippen LogP contribution in [-0.2, 0) is 6.18 Å². The van der Waals surface area contributed by atoms with Crippen LogP contribution in [-0.4, -0.2) is 38.1 Å². The van der Waals surface area contributed by atoms with Gasteiger partial charge in [-0.1, -0.05) is 0 Å². The lowest BCUT2D eigenvalue weighted by atomic mass is 10.1.